The Kier molecular flexibility index (Phi) is 4.95. The minimum absolute atomic E-state index is 0.0964. The quantitative estimate of drug-likeness (QED) is 0.904. The van der Waals surface area contributed by atoms with E-state index in [0.717, 1.165) is 18.9 Å². The summed E-state index contributed by atoms with van der Waals surface area (Å²) in [6.45, 7) is 2.80. The molecule has 1 aromatic carbocycles. The first-order valence-electron chi connectivity index (χ1n) is 6.93. The van der Waals surface area contributed by atoms with Gasteiger partial charge in [0.05, 0.1) is 6.26 Å². The lowest BCUT2D eigenvalue weighted by Crippen LogP contribution is -2.41. The molecule has 1 fully saturated rings. The summed E-state index contributed by atoms with van der Waals surface area (Å²) in [4.78, 5) is 0. The molecule has 1 aromatic rings. The molecule has 1 heterocycles. The van der Waals surface area contributed by atoms with Crippen LogP contribution in [-0.2, 0) is 10.0 Å². The fourth-order valence-electron chi connectivity index (χ4n) is 2.71. The molecule has 1 unspecified atom stereocenters. The van der Waals surface area contributed by atoms with E-state index in [1.54, 1.807) is 6.92 Å². The van der Waals surface area contributed by atoms with Gasteiger partial charge in [0.25, 0.3) is 0 Å². The predicted molar refractivity (Wildman–Crippen MR) is 77.3 cm³/mol. The lowest BCUT2D eigenvalue weighted by atomic mass is 10.1. The first-order valence-corrected chi connectivity index (χ1v) is 8.78. The second-order valence-corrected chi connectivity index (χ2v) is 7.44. The van der Waals surface area contributed by atoms with E-state index in [4.69, 9.17) is 0 Å². The minimum atomic E-state index is -3.20. The van der Waals surface area contributed by atoms with Crippen LogP contribution in [0.3, 0.4) is 0 Å². The minimum Gasteiger partial charge on any atom is -0.309 e. The van der Waals surface area contributed by atoms with Crippen molar-refractivity contribution in [2.45, 2.75) is 31.8 Å². The Morgan fingerprint density at radius 3 is 2.52 bits per heavy atom. The van der Waals surface area contributed by atoms with E-state index in [1.807, 2.05) is 0 Å². The van der Waals surface area contributed by atoms with Gasteiger partial charge in [0, 0.05) is 31.2 Å². The molecule has 2 atom stereocenters. The molecule has 0 bridgehead atoms. The van der Waals surface area contributed by atoms with Crippen molar-refractivity contribution in [3.63, 3.8) is 0 Å². The van der Waals surface area contributed by atoms with E-state index in [9.17, 15) is 17.2 Å². The molecule has 1 saturated heterocycles. The van der Waals surface area contributed by atoms with Gasteiger partial charge in [0.2, 0.25) is 10.0 Å². The summed E-state index contributed by atoms with van der Waals surface area (Å²) >= 11 is 0. The molecule has 0 spiro atoms. The molecule has 0 radical (unpaired) electrons. The number of nitrogens with one attached hydrogen (secondary N) is 1. The summed E-state index contributed by atoms with van der Waals surface area (Å²) < 4.78 is 51.2. The molecule has 1 aliphatic heterocycles. The summed E-state index contributed by atoms with van der Waals surface area (Å²) in [6, 6.07) is 3.05. The third-order valence-electron chi connectivity index (χ3n) is 3.79. The maximum Gasteiger partial charge on any atom is 0.211 e. The van der Waals surface area contributed by atoms with Gasteiger partial charge in [0.1, 0.15) is 11.6 Å². The summed E-state index contributed by atoms with van der Waals surface area (Å²) in [6.07, 6.45) is 2.84. The van der Waals surface area contributed by atoms with E-state index < -0.39 is 21.7 Å². The molecule has 7 heteroatoms. The zero-order valence-corrected chi connectivity index (χ0v) is 13.0. The van der Waals surface area contributed by atoms with E-state index in [1.165, 1.54) is 22.7 Å². The molecule has 4 nitrogen and oxygen atoms in total. The number of rotatable bonds is 5. The van der Waals surface area contributed by atoms with Gasteiger partial charge in [-0.25, -0.2) is 17.2 Å². The highest BCUT2D eigenvalue weighted by atomic mass is 32.2. The number of benzene rings is 1. The maximum atomic E-state index is 13.2. The molecular formula is C14H20F2N2O2S. The zero-order valence-electron chi connectivity index (χ0n) is 12.1. The Bertz CT molecular complexity index is 587. The molecule has 21 heavy (non-hydrogen) atoms. The number of halogens is 2. The molecule has 1 N–H and O–H groups in total. The number of hydrogen-bond donors (Lipinski definition) is 1. The Balaban J connectivity index is 1.99. The topological polar surface area (TPSA) is 49.4 Å². The first-order chi connectivity index (χ1) is 9.77. The van der Waals surface area contributed by atoms with Gasteiger partial charge >= 0.3 is 0 Å². The molecule has 0 amide bonds. The van der Waals surface area contributed by atoms with Gasteiger partial charge in [-0.1, -0.05) is 0 Å². The summed E-state index contributed by atoms with van der Waals surface area (Å²) in [5.74, 6) is -1.23. The van der Waals surface area contributed by atoms with Crippen LogP contribution < -0.4 is 5.32 Å². The van der Waals surface area contributed by atoms with Gasteiger partial charge in [-0.2, -0.15) is 4.31 Å². The van der Waals surface area contributed by atoms with Crippen LogP contribution in [0.2, 0.25) is 0 Å². The van der Waals surface area contributed by atoms with Crippen LogP contribution in [0.4, 0.5) is 8.78 Å². The van der Waals surface area contributed by atoms with E-state index >= 15 is 0 Å². The number of sulfonamides is 1. The molecular weight excluding hydrogens is 298 g/mol. The molecule has 0 aliphatic carbocycles. The Morgan fingerprint density at radius 2 is 1.95 bits per heavy atom. The van der Waals surface area contributed by atoms with Gasteiger partial charge in [-0.15, -0.1) is 0 Å². The lowest BCUT2D eigenvalue weighted by Gasteiger charge is -2.24. The third-order valence-corrected chi connectivity index (χ3v) is 5.13. The highest BCUT2D eigenvalue weighted by molar-refractivity contribution is 7.88. The zero-order chi connectivity index (χ0) is 15.6. The third kappa shape index (κ3) is 4.21. The van der Waals surface area contributed by atoms with E-state index in [0.29, 0.717) is 18.7 Å². The monoisotopic (exact) mass is 318 g/mol. The Hall–Kier alpha value is -1.05. The van der Waals surface area contributed by atoms with E-state index in [-0.39, 0.29) is 12.1 Å². The largest absolute Gasteiger partial charge is 0.309 e. The lowest BCUT2D eigenvalue weighted by molar-refractivity contribution is 0.363. The van der Waals surface area contributed by atoms with Crippen molar-refractivity contribution in [3.05, 3.63) is 35.4 Å². The Labute approximate surface area is 124 Å². The second kappa shape index (κ2) is 6.37. The normalized spacial score (nSPS) is 21.6. The highest BCUT2D eigenvalue weighted by Gasteiger charge is 2.31. The van der Waals surface area contributed by atoms with Crippen LogP contribution in [0.15, 0.2) is 18.2 Å². The highest BCUT2D eigenvalue weighted by Crippen LogP contribution is 2.21. The van der Waals surface area contributed by atoms with Crippen LogP contribution in [0.1, 0.15) is 31.4 Å². The van der Waals surface area contributed by atoms with Crippen molar-refractivity contribution < 1.29 is 17.2 Å². The van der Waals surface area contributed by atoms with E-state index in [2.05, 4.69) is 5.32 Å². The SMILES string of the molecule is CC(NC[C@H]1CCCN1S(C)(=O)=O)c1cc(F)cc(F)c1. The summed E-state index contributed by atoms with van der Waals surface area (Å²) in [5.41, 5.74) is 0.511. The standard InChI is InChI=1S/C14H20F2N2O2S/c1-10(11-6-12(15)8-13(16)7-11)17-9-14-4-3-5-18(14)21(2,19)20/h6-8,10,14,17H,3-5,9H2,1-2H3/t10?,14-/m1/s1. The predicted octanol–water partition coefficient (Wildman–Crippen LogP) is 2.04. The van der Waals surface area contributed by atoms with Crippen LogP contribution >= 0.6 is 0 Å². The van der Waals surface area contributed by atoms with Crippen molar-refractivity contribution in [2.75, 3.05) is 19.3 Å². The second-order valence-electron chi connectivity index (χ2n) is 5.50. The average Bonchev–Trinajstić information content (AvgIpc) is 2.82. The summed E-state index contributed by atoms with van der Waals surface area (Å²) in [5, 5.41) is 3.16. The molecule has 0 saturated carbocycles. The average molecular weight is 318 g/mol. The van der Waals surface area contributed by atoms with Crippen molar-refractivity contribution in [2.24, 2.45) is 0 Å². The van der Waals surface area contributed by atoms with Gasteiger partial charge < -0.3 is 5.32 Å². The van der Waals surface area contributed by atoms with Gasteiger partial charge in [0.15, 0.2) is 0 Å². The molecule has 118 valence electrons. The number of nitrogens with zero attached hydrogens (tertiary/aromatic N) is 1. The van der Waals surface area contributed by atoms with Crippen LogP contribution in [0.25, 0.3) is 0 Å². The molecule has 2 rings (SSSR count). The van der Waals surface area contributed by atoms with Crippen molar-refractivity contribution in [1.29, 1.82) is 0 Å². The maximum absolute atomic E-state index is 13.2. The van der Waals surface area contributed by atoms with Crippen LogP contribution in [0, 0.1) is 11.6 Å². The Morgan fingerprint density at radius 1 is 1.33 bits per heavy atom. The van der Waals surface area contributed by atoms with Crippen LogP contribution in [0.5, 0.6) is 0 Å². The first kappa shape index (κ1) is 16.3. The fourth-order valence-corrected chi connectivity index (χ4v) is 3.89. The fraction of sp³-hybridized carbons (Fsp3) is 0.571. The molecule has 0 aromatic heterocycles. The van der Waals surface area contributed by atoms with Gasteiger partial charge in [-0.3, -0.25) is 0 Å². The van der Waals surface area contributed by atoms with Crippen molar-refractivity contribution in [3.8, 4) is 0 Å². The summed E-state index contributed by atoms with van der Waals surface area (Å²) in [7, 11) is -3.20. The number of hydrogen-bond acceptors (Lipinski definition) is 3. The smallest absolute Gasteiger partial charge is 0.211 e. The van der Waals surface area contributed by atoms with Gasteiger partial charge in [-0.05, 0) is 37.5 Å². The van der Waals surface area contributed by atoms with Crippen molar-refractivity contribution >= 4 is 10.0 Å². The van der Waals surface area contributed by atoms with Crippen LogP contribution in [-0.4, -0.2) is 38.1 Å². The van der Waals surface area contributed by atoms with Crippen molar-refractivity contribution in [1.82, 2.24) is 9.62 Å². The molecule has 1 aliphatic rings.